The van der Waals surface area contributed by atoms with E-state index in [-0.39, 0.29) is 5.88 Å². The van der Waals surface area contributed by atoms with Crippen LogP contribution >= 0.6 is 11.6 Å². The van der Waals surface area contributed by atoms with Crippen molar-refractivity contribution in [2.24, 2.45) is 0 Å². The second kappa shape index (κ2) is 4.41. The highest BCUT2D eigenvalue weighted by molar-refractivity contribution is 6.18. The number of aliphatic hydroxyl groups is 2. The van der Waals surface area contributed by atoms with Gasteiger partial charge in [-0.3, -0.25) is 0 Å². The first-order chi connectivity index (χ1) is 7.61. The number of aromatic nitrogens is 2. The molecule has 4 nitrogen and oxygen atoms in total. The molecule has 2 unspecified atom stereocenters. The van der Waals surface area contributed by atoms with Gasteiger partial charge >= 0.3 is 0 Å². The molecule has 1 aromatic carbocycles. The number of rotatable bonds is 3. The molecule has 0 saturated carbocycles. The van der Waals surface area contributed by atoms with Crippen LogP contribution in [-0.2, 0) is 0 Å². The fourth-order valence-electron chi connectivity index (χ4n) is 1.65. The predicted octanol–water partition coefficient (Wildman–Crippen LogP) is 1.50. The second-order valence-corrected chi connectivity index (χ2v) is 4.07. The van der Waals surface area contributed by atoms with Gasteiger partial charge in [0.1, 0.15) is 11.9 Å². The van der Waals surface area contributed by atoms with E-state index in [4.69, 9.17) is 11.6 Å². The molecule has 2 aromatic rings. The number of halogens is 1. The van der Waals surface area contributed by atoms with E-state index in [9.17, 15) is 10.2 Å². The zero-order chi connectivity index (χ0) is 11.7. The average molecular weight is 241 g/mol. The highest BCUT2D eigenvalue weighted by Crippen LogP contribution is 2.21. The Labute approximate surface area is 97.9 Å². The van der Waals surface area contributed by atoms with Gasteiger partial charge in [-0.1, -0.05) is 6.07 Å². The summed E-state index contributed by atoms with van der Waals surface area (Å²) in [5, 5.41) is 19.2. The molecule has 0 bridgehead atoms. The average Bonchev–Trinajstić information content (AvgIpc) is 2.65. The molecule has 2 atom stereocenters. The quantitative estimate of drug-likeness (QED) is 0.713. The van der Waals surface area contributed by atoms with Crippen LogP contribution in [-0.4, -0.2) is 32.2 Å². The van der Waals surface area contributed by atoms with E-state index in [2.05, 4.69) is 9.97 Å². The van der Waals surface area contributed by atoms with Gasteiger partial charge in [0.25, 0.3) is 0 Å². The summed E-state index contributed by atoms with van der Waals surface area (Å²) in [5.41, 5.74) is 2.31. The van der Waals surface area contributed by atoms with Crippen molar-refractivity contribution in [3.8, 4) is 0 Å². The standard InChI is InChI=1S/C11H13ClN2O2/c1-6-13-8-3-2-7(4-9(8)14-6)11(16)10(15)5-12/h2-4,10-11,15-16H,5H2,1H3,(H,13,14). The summed E-state index contributed by atoms with van der Waals surface area (Å²) in [4.78, 5) is 7.33. The Kier molecular flexibility index (Phi) is 3.14. The van der Waals surface area contributed by atoms with Gasteiger partial charge < -0.3 is 15.2 Å². The van der Waals surface area contributed by atoms with Gasteiger partial charge in [-0.15, -0.1) is 11.6 Å². The normalized spacial score (nSPS) is 15.2. The molecule has 0 aliphatic heterocycles. The van der Waals surface area contributed by atoms with Crippen LogP contribution in [0.5, 0.6) is 0 Å². The minimum absolute atomic E-state index is 0.00120. The third-order valence-corrected chi connectivity index (χ3v) is 2.80. The molecule has 0 amide bonds. The molecule has 1 heterocycles. The lowest BCUT2D eigenvalue weighted by Crippen LogP contribution is -2.19. The summed E-state index contributed by atoms with van der Waals surface area (Å²) < 4.78 is 0. The fourth-order valence-corrected chi connectivity index (χ4v) is 1.81. The van der Waals surface area contributed by atoms with Gasteiger partial charge in [0, 0.05) is 0 Å². The molecule has 16 heavy (non-hydrogen) atoms. The lowest BCUT2D eigenvalue weighted by Gasteiger charge is -2.15. The predicted molar refractivity (Wildman–Crippen MR) is 62.5 cm³/mol. The number of nitrogens with zero attached hydrogens (tertiary/aromatic N) is 1. The molecule has 3 N–H and O–H groups in total. The number of hydrogen-bond donors (Lipinski definition) is 3. The van der Waals surface area contributed by atoms with Gasteiger partial charge in [-0.2, -0.15) is 0 Å². The molecule has 2 rings (SSSR count). The van der Waals surface area contributed by atoms with Crippen LogP contribution in [0.3, 0.4) is 0 Å². The van der Waals surface area contributed by atoms with Gasteiger partial charge in [-0.05, 0) is 24.6 Å². The third-order valence-electron chi connectivity index (χ3n) is 2.49. The molecule has 0 spiro atoms. The van der Waals surface area contributed by atoms with Crippen molar-refractivity contribution in [1.29, 1.82) is 0 Å². The van der Waals surface area contributed by atoms with Crippen molar-refractivity contribution < 1.29 is 10.2 Å². The highest BCUT2D eigenvalue weighted by Gasteiger charge is 2.17. The SMILES string of the molecule is Cc1nc2ccc(C(O)C(O)CCl)cc2[nH]1. The van der Waals surface area contributed by atoms with Gasteiger partial charge in [0.05, 0.1) is 23.0 Å². The van der Waals surface area contributed by atoms with E-state index in [1.54, 1.807) is 18.2 Å². The molecule has 0 aliphatic carbocycles. The number of aryl methyl sites for hydroxylation is 1. The van der Waals surface area contributed by atoms with Crippen molar-refractivity contribution in [1.82, 2.24) is 9.97 Å². The van der Waals surface area contributed by atoms with Crippen molar-refractivity contribution in [2.75, 3.05) is 5.88 Å². The van der Waals surface area contributed by atoms with Crippen LogP contribution in [0.4, 0.5) is 0 Å². The van der Waals surface area contributed by atoms with Crippen LogP contribution in [0, 0.1) is 6.92 Å². The first-order valence-corrected chi connectivity index (χ1v) is 5.53. The monoisotopic (exact) mass is 240 g/mol. The van der Waals surface area contributed by atoms with E-state index >= 15 is 0 Å². The lowest BCUT2D eigenvalue weighted by molar-refractivity contribution is 0.0328. The number of aromatic amines is 1. The van der Waals surface area contributed by atoms with E-state index < -0.39 is 12.2 Å². The molecule has 86 valence electrons. The Morgan fingerprint density at radius 2 is 2.19 bits per heavy atom. The maximum atomic E-state index is 9.79. The Morgan fingerprint density at radius 3 is 2.88 bits per heavy atom. The van der Waals surface area contributed by atoms with Crippen LogP contribution < -0.4 is 0 Å². The van der Waals surface area contributed by atoms with Crippen molar-refractivity contribution in [3.05, 3.63) is 29.6 Å². The summed E-state index contributed by atoms with van der Waals surface area (Å²) in [7, 11) is 0. The second-order valence-electron chi connectivity index (χ2n) is 3.77. The number of fused-ring (bicyclic) bond motifs is 1. The van der Waals surface area contributed by atoms with E-state index in [1.165, 1.54) is 0 Å². The summed E-state index contributed by atoms with van der Waals surface area (Å²) >= 11 is 5.49. The third kappa shape index (κ3) is 2.04. The molecular weight excluding hydrogens is 228 g/mol. The zero-order valence-corrected chi connectivity index (χ0v) is 9.57. The number of H-pyrrole nitrogens is 1. The summed E-state index contributed by atoms with van der Waals surface area (Å²) in [6.07, 6.45) is -1.92. The van der Waals surface area contributed by atoms with Gasteiger partial charge in [-0.25, -0.2) is 4.98 Å². The summed E-state index contributed by atoms with van der Waals surface area (Å²) in [6, 6.07) is 5.32. The zero-order valence-electron chi connectivity index (χ0n) is 8.81. The maximum Gasteiger partial charge on any atom is 0.106 e. The number of hydrogen-bond acceptors (Lipinski definition) is 3. The number of imidazole rings is 1. The summed E-state index contributed by atoms with van der Waals surface area (Å²) in [5.74, 6) is 0.820. The van der Waals surface area contributed by atoms with E-state index in [0.717, 1.165) is 16.9 Å². The smallest absolute Gasteiger partial charge is 0.106 e. The van der Waals surface area contributed by atoms with Crippen LogP contribution in [0.2, 0.25) is 0 Å². The van der Waals surface area contributed by atoms with Crippen molar-refractivity contribution in [2.45, 2.75) is 19.1 Å². The van der Waals surface area contributed by atoms with E-state index in [0.29, 0.717) is 5.56 Å². The van der Waals surface area contributed by atoms with Crippen LogP contribution in [0.25, 0.3) is 11.0 Å². The highest BCUT2D eigenvalue weighted by atomic mass is 35.5. The van der Waals surface area contributed by atoms with Crippen LogP contribution in [0.1, 0.15) is 17.5 Å². The first kappa shape index (κ1) is 11.4. The molecule has 5 heteroatoms. The fraction of sp³-hybridized carbons (Fsp3) is 0.364. The van der Waals surface area contributed by atoms with Crippen LogP contribution in [0.15, 0.2) is 18.2 Å². The topological polar surface area (TPSA) is 69.1 Å². The molecule has 1 aromatic heterocycles. The molecule has 0 aliphatic rings. The first-order valence-electron chi connectivity index (χ1n) is 5.00. The van der Waals surface area contributed by atoms with Gasteiger partial charge in [0.15, 0.2) is 0 Å². The maximum absolute atomic E-state index is 9.79. The van der Waals surface area contributed by atoms with E-state index in [1.807, 2.05) is 6.92 Å². The Hall–Kier alpha value is -1.10. The molecule has 0 fully saturated rings. The van der Waals surface area contributed by atoms with Gasteiger partial charge in [0.2, 0.25) is 0 Å². The van der Waals surface area contributed by atoms with Crippen molar-refractivity contribution >= 4 is 22.6 Å². The number of benzene rings is 1. The Bertz CT molecular complexity index is 498. The number of aliphatic hydroxyl groups excluding tert-OH is 2. The molecular formula is C11H13ClN2O2. The minimum Gasteiger partial charge on any atom is -0.389 e. The number of nitrogens with one attached hydrogen (secondary N) is 1. The molecule has 0 radical (unpaired) electrons. The Balaban J connectivity index is 2.38. The Morgan fingerprint density at radius 1 is 1.44 bits per heavy atom. The minimum atomic E-state index is -0.967. The molecule has 0 saturated heterocycles. The number of alkyl halides is 1. The largest absolute Gasteiger partial charge is 0.389 e. The lowest BCUT2D eigenvalue weighted by atomic mass is 10.0. The summed E-state index contributed by atoms with van der Waals surface area (Å²) in [6.45, 7) is 1.86. The van der Waals surface area contributed by atoms with Crippen molar-refractivity contribution in [3.63, 3.8) is 0 Å².